The fraction of sp³-hybridized carbons (Fsp3) is 0.972. The average molecular weight is 553 g/mol. The van der Waals surface area contributed by atoms with Gasteiger partial charge < -0.3 is 9.59 Å². The molecule has 0 radical (unpaired) electrons. The largest absolute Gasteiger partial charge is 0.481 e. The van der Waals surface area contributed by atoms with Crippen LogP contribution in [0.2, 0.25) is 0 Å². The summed E-state index contributed by atoms with van der Waals surface area (Å²) < 4.78 is 1.44. The highest BCUT2D eigenvalue weighted by atomic mass is 16.4. The van der Waals surface area contributed by atoms with Crippen LogP contribution in [0.5, 0.6) is 0 Å². The molecule has 0 fully saturated rings. The Morgan fingerprint density at radius 3 is 0.872 bits per heavy atom. The zero-order chi connectivity index (χ0) is 28.7. The number of nitrogens with zero attached hydrogens (tertiary/aromatic N) is 1. The quantitative estimate of drug-likeness (QED) is 0.0649. The van der Waals surface area contributed by atoms with Crippen molar-refractivity contribution in [2.45, 2.75) is 201 Å². The van der Waals surface area contributed by atoms with Gasteiger partial charge in [0.15, 0.2) is 0 Å². The van der Waals surface area contributed by atoms with Crippen molar-refractivity contribution in [3.8, 4) is 0 Å². The molecule has 0 unspecified atom stereocenters. The first-order valence-corrected chi connectivity index (χ1v) is 18.2. The molecule has 0 heterocycles. The van der Waals surface area contributed by atoms with E-state index < -0.39 is 5.97 Å². The molecular formula is C36H74NO2+. The minimum absolute atomic E-state index is 0.345. The minimum atomic E-state index is -0.647. The van der Waals surface area contributed by atoms with E-state index >= 15 is 0 Å². The van der Waals surface area contributed by atoms with Crippen molar-refractivity contribution in [1.29, 1.82) is 0 Å². The van der Waals surface area contributed by atoms with Crippen LogP contribution < -0.4 is 0 Å². The summed E-state index contributed by atoms with van der Waals surface area (Å²) in [5.74, 6) is -0.647. The summed E-state index contributed by atoms with van der Waals surface area (Å²) in [6.07, 6.45) is 37.3. The lowest BCUT2D eigenvalue weighted by atomic mass is 10.0. The summed E-state index contributed by atoms with van der Waals surface area (Å²) in [4.78, 5) is 10.5. The molecule has 0 aliphatic rings. The molecule has 3 nitrogen and oxygen atoms in total. The number of unbranched alkanes of at least 4 members (excludes halogenated alkanes) is 23. The third kappa shape index (κ3) is 27.4. The van der Waals surface area contributed by atoms with Crippen molar-refractivity contribution < 1.29 is 14.4 Å². The molecule has 0 saturated heterocycles. The maximum absolute atomic E-state index is 10.5. The van der Waals surface area contributed by atoms with Crippen LogP contribution in [0.1, 0.15) is 201 Å². The van der Waals surface area contributed by atoms with Crippen LogP contribution in [0.15, 0.2) is 0 Å². The molecule has 1 N–H and O–H groups in total. The van der Waals surface area contributed by atoms with E-state index in [1.807, 2.05) is 0 Å². The van der Waals surface area contributed by atoms with Gasteiger partial charge in [0.05, 0.1) is 26.2 Å². The molecule has 0 rings (SSSR count). The highest BCUT2D eigenvalue weighted by Crippen LogP contribution is 2.20. The maximum Gasteiger partial charge on any atom is 0.303 e. The Morgan fingerprint density at radius 1 is 0.385 bits per heavy atom. The molecule has 0 aliphatic heterocycles. The normalized spacial score (nSPS) is 11.9. The van der Waals surface area contributed by atoms with Crippen molar-refractivity contribution in [3.05, 3.63) is 0 Å². The van der Waals surface area contributed by atoms with Crippen LogP contribution >= 0.6 is 0 Å². The third-order valence-corrected chi connectivity index (χ3v) is 8.98. The average Bonchev–Trinajstić information content (AvgIpc) is 2.93. The third-order valence-electron chi connectivity index (χ3n) is 8.98. The number of rotatable bonds is 33. The van der Waals surface area contributed by atoms with Gasteiger partial charge in [-0.1, -0.05) is 136 Å². The summed E-state index contributed by atoms with van der Waals surface area (Å²) in [7, 11) is 0. The molecule has 39 heavy (non-hydrogen) atoms. The predicted molar refractivity (Wildman–Crippen MR) is 174 cm³/mol. The number of carboxylic acid groups (broad SMARTS) is 1. The Hall–Kier alpha value is -0.570. The van der Waals surface area contributed by atoms with Crippen LogP contribution in [-0.4, -0.2) is 41.7 Å². The van der Waals surface area contributed by atoms with E-state index in [9.17, 15) is 4.79 Å². The van der Waals surface area contributed by atoms with Crippen molar-refractivity contribution in [1.82, 2.24) is 0 Å². The van der Waals surface area contributed by atoms with Gasteiger partial charge >= 0.3 is 5.97 Å². The van der Waals surface area contributed by atoms with E-state index in [1.165, 1.54) is 191 Å². The molecule has 0 aliphatic carbocycles. The first-order chi connectivity index (χ1) is 19.1. The van der Waals surface area contributed by atoms with Gasteiger partial charge in [0.2, 0.25) is 0 Å². The Bertz CT molecular complexity index is 461. The van der Waals surface area contributed by atoms with Crippen LogP contribution in [0, 0.1) is 0 Å². The van der Waals surface area contributed by atoms with Crippen molar-refractivity contribution in [2.75, 3.05) is 26.2 Å². The number of hydrogen-bond donors (Lipinski definition) is 1. The maximum atomic E-state index is 10.5. The van der Waals surface area contributed by atoms with Gasteiger partial charge in [-0.2, -0.15) is 0 Å². The lowest BCUT2D eigenvalue weighted by molar-refractivity contribution is -0.929. The lowest BCUT2D eigenvalue weighted by Gasteiger charge is -2.39. The van der Waals surface area contributed by atoms with Gasteiger partial charge in [0, 0.05) is 6.42 Å². The molecule has 0 amide bonds. The first-order valence-electron chi connectivity index (χ1n) is 18.2. The molecule has 0 atom stereocenters. The van der Waals surface area contributed by atoms with Gasteiger partial charge in [0.25, 0.3) is 0 Å². The SMILES string of the molecule is CCCCCC[N+](CCCCCC)(CCCCCC)CCCCCCCCCCCCCCCCCC(=O)O. The Balaban J connectivity index is 4.06. The highest BCUT2D eigenvalue weighted by Gasteiger charge is 2.25. The van der Waals surface area contributed by atoms with Crippen LogP contribution in [0.3, 0.4) is 0 Å². The zero-order valence-electron chi connectivity index (χ0n) is 27.4. The standard InChI is InChI=1S/C36H73NO2/c1-4-7-10-27-32-37(33-28-11-8-5-2,34-29-12-9-6-3)35-30-25-23-21-19-17-15-13-14-16-18-20-22-24-26-31-36(38)39/h4-35H2,1-3H3/p+1. The van der Waals surface area contributed by atoms with E-state index in [1.54, 1.807) is 0 Å². The minimum Gasteiger partial charge on any atom is -0.481 e. The lowest BCUT2D eigenvalue weighted by Crippen LogP contribution is -2.50. The van der Waals surface area contributed by atoms with Gasteiger partial charge in [-0.15, -0.1) is 0 Å². The summed E-state index contributed by atoms with van der Waals surface area (Å²) >= 11 is 0. The van der Waals surface area contributed by atoms with E-state index in [0.717, 1.165) is 12.8 Å². The first kappa shape index (κ1) is 38.4. The molecule has 0 saturated carbocycles. The fourth-order valence-electron chi connectivity index (χ4n) is 6.31. The van der Waals surface area contributed by atoms with Crippen LogP contribution in [0.25, 0.3) is 0 Å². The number of carboxylic acids is 1. The molecule has 0 bridgehead atoms. The highest BCUT2D eigenvalue weighted by molar-refractivity contribution is 5.66. The van der Waals surface area contributed by atoms with Crippen molar-refractivity contribution >= 4 is 5.97 Å². The number of hydrogen-bond acceptors (Lipinski definition) is 1. The van der Waals surface area contributed by atoms with Crippen LogP contribution in [0.4, 0.5) is 0 Å². The summed E-state index contributed by atoms with van der Waals surface area (Å²) in [5.41, 5.74) is 0. The molecule has 0 aromatic carbocycles. The molecule has 234 valence electrons. The van der Waals surface area contributed by atoms with Gasteiger partial charge in [0.1, 0.15) is 0 Å². The molecule has 0 aromatic rings. The van der Waals surface area contributed by atoms with E-state index in [0.29, 0.717) is 6.42 Å². The topological polar surface area (TPSA) is 37.3 Å². The van der Waals surface area contributed by atoms with Gasteiger partial charge in [-0.3, -0.25) is 4.79 Å². The number of aliphatic carboxylic acids is 1. The van der Waals surface area contributed by atoms with Gasteiger partial charge in [-0.05, 0) is 57.8 Å². The second-order valence-electron chi connectivity index (χ2n) is 12.9. The summed E-state index contributed by atoms with van der Waals surface area (Å²) in [6, 6.07) is 0. The summed E-state index contributed by atoms with van der Waals surface area (Å²) in [6.45, 7) is 12.8. The van der Waals surface area contributed by atoms with E-state index in [4.69, 9.17) is 5.11 Å². The second kappa shape index (κ2) is 30.4. The predicted octanol–water partition coefficient (Wildman–Crippen LogP) is 11.9. The zero-order valence-corrected chi connectivity index (χ0v) is 27.4. The van der Waals surface area contributed by atoms with E-state index in [2.05, 4.69) is 20.8 Å². The molecule has 3 heteroatoms. The Kier molecular flexibility index (Phi) is 29.9. The van der Waals surface area contributed by atoms with Crippen LogP contribution in [-0.2, 0) is 4.79 Å². The molecule has 0 spiro atoms. The van der Waals surface area contributed by atoms with E-state index in [-0.39, 0.29) is 0 Å². The van der Waals surface area contributed by atoms with Gasteiger partial charge in [-0.25, -0.2) is 0 Å². The second-order valence-corrected chi connectivity index (χ2v) is 12.9. The smallest absolute Gasteiger partial charge is 0.303 e. The number of carbonyl (C=O) groups is 1. The molecular weight excluding hydrogens is 478 g/mol. The number of quaternary nitrogens is 1. The fourth-order valence-corrected chi connectivity index (χ4v) is 6.31. The summed E-state index contributed by atoms with van der Waals surface area (Å²) in [5, 5.41) is 8.68. The Labute approximate surface area is 246 Å². The molecule has 0 aromatic heterocycles. The Morgan fingerprint density at radius 2 is 0.615 bits per heavy atom. The van der Waals surface area contributed by atoms with Crippen molar-refractivity contribution in [2.24, 2.45) is 0 Å². The van der Waals surface area contributed by atoms with Crippen molar-refractivity contribution in [3.63, 3.8) is 0 Å². The monoisotopic (exact) mass is 553 g/mol.